The first kappa shape index (κ1) is 43.0. The number of anilines is 8. The van der Waals surface area contributed by atoms with Crippen molar-refractivity contribution in [3.63, 3.8) is 0 Å². The number of nitrogens with one attached hydrogen (secondary N) is 6. The quantitative estimate of drug-likeness (QED) is 0.0610. The van der Waals surface area contributed by atoms with Gasteiger partial charge in [0.15, 0.2) is 17.5 Å². The van der Waals surface area contributed by atoms with Crippen LogP contribution in [0.3, 0.4) is 0 Å². The van der Waals surface area contributed by atoms with E-state index >= 15 is 4.39 Å². The highest BCUT2D eigenvalue weighted by Crippen LogP contribution is 2.47. The van der Waals surface area contributed by atoms with Gasteiger partial charge in [0.25, 0.3) is 0 Å². The predicted octanol–water partition coefficient (Wildman–Crippen LogP) is 11.0. The van der Waals surface area contributed by atoms with Gasteiger partial charge in [-0.05, 0) is 125 Å². The Bertz CT molecular complexity index is 2820. The summed E-state index contributed by atoms with van der Waals surface area (Å²) in [5.41, 5.74) is 5.85. The van der Waals surface area contributed by atoms with Crippen LogP contribution in [0.5, 0.6) is 0 Å². The van der Waals surface area contributed by atoms with Gasteiger partial charge < -0.3 is 26.4 Å². The Morgan fingerprint density at radius 3 is 1.97 bits per heavy atom. The van der Waals surface area contributed by atoms with Gasteiger partial charge in [0.1, 0.15) is 27.8 Å². The van der Waals surface area contributed by atoms with Gasteiger partial charge in [0.05, 0.1) is 11.4 Å². The van der Waals surface area contributed by atoms with Crippen molar-refractivity contribution in [1.82, 2.24) is 45.3 Å². The molecule has 7 N–H and O–H groups in total. The van der Waals surface area contributed by atoms with E-state index in [-0.39, 0.29) is 45.9 Å². The molecule has 0 saturated heterocycles. The molecule has 2 aromatic carbocycles. The molecule has 14 nitrogen and oxygen atoms in total. The molecule has 0 amide bonds. The molecular weight excluding hydrogens is 838 g/mol. The maximum atomic E-state index is 15.8. The first-order valence-corrected chi connectivity index (χ1v) is 20.5. The number of aromatic amines is 2. The maximum Gasteiger partial charge on any atom is 0.421 e. The molecule has 0 bridgehead atoms. The Morgan fingerprint density at radius 2 is 1.35 bits per heavy atom. The lowest BCUT2D eigenvalue weighted by Crippen LogP contribution is -2.33. The van der Waals surface area contributed by atoms with Gasteiger partial charge in [0, 0.05) is 52.9 Å². The fourth-order valence-corrected chi connectivity index (χ4v) is 8.17. The third-order valence-corrected chi connectivity index (χ3v) is 11.5. The van der Waals surface area contributed by atoms with Crippen molar-refractivity contribution >= 4 is 58.1 Å². The van der Waals surface area contributed by atoms with Crippen molar-refractivity contribution in [2.75, 3.05) is 21.3 Å². The zero-order chi connectivity index (χ0) is 44.8. The molecule has 63 heavy (non-hydrogen) atoms. The molecule has 0 unspecified atom stereocenters. The Kier molecular flexibility index (Phi) is 11.5. The monoisotopic (exact) mass is 881 g/mol. The van der Waals surface area contributed by atoms with Crippen LogP contribution in [0.25, 0.3) is 11.1 Å². The largest absolute Gasteiger partial charge is 0.421 e. The maximum absolute atomic E-state index is 15.8. The zero-order valence-electron chi connectivity index (χ0n) is 35.1. The number of aryl methyl sites for hydroxylation is 6. The number of rotatable bonds is 11. The zero-order valence-corrected chi connectivity index (χ0v) is 35.9. The normalized spacial score (nSPS) is 16.5. The summed E-state index contributed by atoms with van der Waals surface area (Å²) in [6.07, 6.45) is -0.525. The molecule has 0 radical (unpaired) electrons. The van der Waals surface area contributed by atoms with Crippen LogP contribution >= 0.6 is 11.6 Å². The summed E-state index contributed by atoms with van der Waals surface area (Å²) in [6, 6.07) is 14.2. The summed E-state index contributed by atoms with van der Waals surface area (Å²) in [4.78, 5) is 21.8. The number of aliphatic hydroxyl groups is 1. The van der Waals surface area contributed by atoms with Crippen molar-refractivity contribution in [3.05, 3.63) is 122 Å². The van der Waals surface area contributed by atoms with Crippen molar-refractivity contribution in [2.24, 2.45) is 0 Å². The van der Waals surface area contributed by atoms with E-state index in [0.717, 1.165) is 45.4 Å². The standard InChI is InChI=1S/C44H44ClF4N13O/c1-21-14-33(52-41-51-20-31(44(47,48)49)39(57-41)54-35-16-25(5)59-61-35)23(3)13-29(21)27-9-11-43(63,12-10-27)38-37(45)40(55-36-17-26(6)60-62-36)58-42(56-38)53-34-15-22(2)30(18-32(34)46)28-8-7-24(4)50-19-28/h7-8,13-20,27,63H,9-12H2,1-6H3,(H3,51,52,54,57,59,61)(H3,53,55,56,58,60,62). The van der Waals surface area contributed by atoms with Crippen LogP contribution in [0, 0.1) is 47.4 Å². The van der Waals surface area contributed by atoms with Crippen LogP contribution < -0.4 is 21.3 Å². The minimum atomic E-state index is -4.70. The van der Waals surface area contributed by atoms with Gasteiger partial charge in [-0.2, -0.15) is 33.3 Å². The Labute approximate surface area is 364 Å². The minimum Gasteiger partial charge on any atom is -0.383 e. The van der Waals surface area contributed by atoms with Gasteiger partial charge in [-0.3, -0.25) is 15.2 Å². The SMILES string of the molecule is Cc1ccc(-c2cc(F)c(Nc3nc(Nc4cc(C)[nH]n4)c(Cl)c(C4(O)CCC(c5cc(C)c(Nc6ncc(C(F)(F)F)c(Nc7cc(C)[nH]n7)n6)cc5C)CC4)n3)cc2C)cn1. The summed E-state index contributed by atoms with van der Waals surface area (Å²) in [6.45, 7) is 11.2. The molecule has 0 spiro atoms. The summed E-state index contributed by atoms with van der Waals surface area (Å²) >= 11 is 7.01. The van der Waals surface area contributed by atoms with Gasteiger partial charge in [-0.1, -0.05) is 23.7 Å². The molecule has 0 atom stereocenters. The molecule has 5 heterocycles. The van der Waals surface area contributed by atoms with Crippen LogP contribution in [-0.4, -0.2) is 50.4 Å². The number of H-pyrrole nitrogens is 2. The Balaban J connectivity index is 1.03. The van der Waals surface area contributed by atoms with Crippen LogP contribution in [0.1, 0.15) is 82.2 Å². The summed E-state index contributed by atoms with van der Waals surface area (Å²) < 4.78 is 57.4. The third-order valence-electron chi connectivity index (χ3n) is 11.2. The summed E-state index contributed by atoms with van der Waals surface area (Å²) in [7, 11) is 0. The summed E-state index contributed by atoms with van der Waals surface area (Å²) in [5, 5.41) is 38.1. The molecule has 19 heteroatoms. The molecule has 326 valence electrons. The van der Waals surface area contributed by atoms with Crippen LogP contribution in [0.2, 0.25) is 5.02 Å². The number of hydrogen-bond donors (Lipinski definition) is 7. The van der Waals surface area contributed by atoms with E-state index in [1.165, 1.54) is 6.07 Å². The molecule has 8 rings (SSSR count). The average Bonchev–Trinajstić information content (AvgIpc) is 3.84. The topological polar surface area (TPSA) is 190 Å². The van der Waals surface area contributed by atoms with E-state index in [2.05, 4.69) is 61.6 Å². The molecule has 1 aliphatic rings. The van der Waals surface area contributed by atoms with E-state index in [4.69, 9.17) is 16.6 Å². The first-order valence-electron chi connectivity index (χ1n) is 20.1. The van der Waals surface area contributed by atoms with E-state index in [9.17, 15) is 18.3 Å². The predicted molar refractivity (Wildman–Crippen MR) is 234 cm³/mol. The second-order valence-electron chi connectivity index (χ2n) is 16.0. The van der Waals surface area contributed by atoms with E-state index < -0.39 is 29.0 Å². The number of nitrogens with zero attached hydrogens (tertiary/aromatic N) is 7. The molecule has 1 saturated carbocycles. The Hall–Kier alpha value is -6.66. The lowest BCUT2D eigenvalue weighted by atomic mass is 9.73. The summed E-state index contributed by atoms with van der Waals surface area (Å²) in [5.74, 6) is -0.131. The lowest BCUT2D eigenvalue weighted by Gasteiger charge is -2.37. The number of aromatic nitrogens is 9. The van der Waals surface area contributed by atoms with E-state index in [1.807, 2.05) is 58.9 Å². The van der Waals surface area contributed by atoms with Crippen molar-refractivity contribution < 1.29 is 22.7 Å². The second kappa shape index (κ2) is 16.9. The molecule has 5 aromatic heterocycles. The highest BCUT2D eigenvalue weighted by molar-refractivity contribution is 6.33. The van der Waals surface area contributed by atoms with E-state index in [0.29, 0.717) is 48.4 Å². The van der Waals surface area contributed by atoms with E-state index in [1.54, 1.807) is 31.3 Å². The first-order chi connectivity index (χ1) is 29.9. The molecule has 1 aliphatic carbocycles. The molecule has 0 aliphatic heterocycles. The van der Waals surface area contributed by atoms with Crippen LogP contribution in [0.15, 0.2) is 60.9 Å². The van der Waals surface area contributed by atoms with Gasteiger partial charge in [0.2, 0.25) is 11.9 Å². The molecule has 7 aromatic rings. The number of alkyl halides is 3. The average molecular weight is 882 g/mol. The van der Waals surface area contributed by atoms with Gasteiger partial charge in [-0.25, -0.2) is 14.4 Å². The fraction of sp³-hybridized carbons (Fsp3) is 0.295. The van der Waals surface area contributed by atoms with Crippen molar-refractivity contribution in [3.8, 4) is 11.1 Å². The molecular formula is C44H44ClF4N13O. The highest BCUT2D eigenvalue weighted by Gasteiger charge is 2.40. The lowest BCUT2D eigenvalue weighted by molar-refractivity contribution is -0.137. The van der Waals surface area contributed by atoms with Crippen molar-refractivity contribution in [1.29, 1.82) is 0 Å². The number of halogens is 5. The molecule has 1 fully saturated rings. The van der Waals surface area contributed by atoms with Crippen LogP contribution in [-0.2, 0) is 11.8 Å². The fourth-order valence-electron chi connectivity index (χ4n) is 7.86. The van der Waals surface area contributed by atoms with Gasteiger partial charge in [-0.15, -0.1) is 0 Å². The van der Waals surface area contributed by atoms with Gasteiger partial charge >= 0.3 is 6.18 Å². The number of benzene rings is 2. The smallest absolute Gasteiger partial charge is 0.383 e. The minimum absolute atomic E-state index is 0.0217. The third kappa shape index (κ3) is 9.27. The second-order valence-corrected chi connectivity index (χ2v) is 16.4. The Morgan fingerprint density at radius 1 is 0.714 bits per heavy atom. The highest BCUT2D eigenvalue weighted by atomic mass is 35.5. The number of hydrogen-bond acceptors (Lipinski definition) is 12. The van der Waals surface area contributed by atoms with Crippen molar-refractivity contribution in [2.45, 2.75) is 84.9 Å². The number of pyridine rings is 1. The van der Waals surface area contributed by atoms with Crippen LogP contribution in [0.4, 0.5) is 64.1 Å².